The first kappa shape index (κ1) is 16.6. The van der Waals surface area contributed by atoms with E-state index in [1.807, 2.05) is 24.3 Å². The number of aromatic nitrogens is 4. The summed E-state index contributed by atoms with van der Waals surface area (Å²) < 4.78 is 3.55. The Labute approximate surface area is 160 Å². The minimum absolute atomic E-state index is 0.164. The van der Waals surface area contributed by atoms with Crippen molar-refractivity contribution in [3.8, 4) is 0 Å². The maximum Gasteiger partial charge on any atom is 0.262 e. The van der Waals surface area contributed by atoms with Gasteiger partial charge in [-0.1, -0.05) is 36.4 Å². The van der Waals surface area contributed by atoms with Gasteiger partial charge in [-0.3, -0.25) is 9.36 Å². The Kier molecular flexibility index (Phi) is 3.91. The summed E-state index contributed by atoms with van der Waals surface area (Å²) in [5.74, 6) is 0. The molecule has 6 nitrogen and oxygen atoms in total. The van der Waals surface area contributed by atoms with Crippen LogP contribution in [0.2, 0.25) is 0 Å². The molecule has 0 spiro atoms. The van der Waals surface area contributed by atoms with Crippen molar-refractivity contribution in [1.82, 2.24) is 19.1 Å². The number of aliphatic hydroxyl groups is 1. The highest BCUT2D eigenvalue weighted by molar-refractivity contribution is 6.07. The lowest BCUT2D eigenvalue weighted by atomic mass is 10.2. The normalized spacial score (nSPS) is 12.8. The van der Waals surface area contributed by atoms with Crippen molar-refractivity contribution in [3.05, 3.63) is 83.5 Å². The summed E-state index contributed by atoms with van der Waals surface area (Å²) in [6.07, 6.45) is 2.32. The molecule has 0 radical (unpaired) electrons. The minimum atomic E-state index is -0.743. The molecule has 1 N–H and O–H groups in total. The molecule has 3 heterocycles. The maximum atomic E-state index is 12.7. The van der Waals surface area contributed by atoms with Crippen LogP contribution in [0, 0.1) is 0 Å². The lowest BCUT2D eigenvalue weighted by molar-refractivity contribution is 0.135. The SMILES string of the molecule is O=c1c2cccnc2ncn1C[C@H](O)Cn1c2ccccc2c2ccccc21. The number of para-hydroxylation sites is 2. The zero-order valence-electron chi connectivity index (χ0n) is 15.1. The molecule has 0 aliphatic rings. The van der Waals surface area contributed by atoms with Crippen LogP contribution in [0.4, 0.5) is 0 Å². The minimum Gasteiger partial charge on any atom is -0.389 e. The number of pyridine rings is 1. The topological polar surface area (TPSA) is 72.9 Å². The first-order chi connectivity index (χ1) is 13.7. The van der Waals surface area contributed by atoms with E-state index < -0.39 is 6.10 Å². The summed E-state index contributed by atoms with van der Waals surface area (Å²) in [5.41, 5.74) is 2.35. The zero-order chi connectivity index (χ0) is 19.1. The van der Waals surface area contributed by atoms with E-state index in [1.165, 1.54) is 10.9 Å². The average molecular weight is 370 g/mol. The Bertz CT molecular complexity index is 1320. The van der Waals surface area contributed by atoms with Gasteiger partial charge in [0.25, 0.3) is 5.56 Å². The fourth-order valence-corrected chi connectivity index (χ4v) is 3.82. The van der Waals surface area contributed by atoms with Crippen molar-refractivity contribution in [2.75, 3.05) is 0 Å². The maximum absolute atomic E-state index is 12.7. The second kappa shape index (κ2) is 6.58. The van der Waals surface area contributed by atoms with Crippen LogP contribution in [0.3, 0.4) is 0 Å². The average Bonchev–Trinajstić information content (AvgIpc) is 3.04. The second-order valence-corrected chi connectivity index (χ2v) is 6.88. The number of hydrogen-bond donors (Lipinski definition) is 1. The fraction of sp³-hybridized carbons (Fsp3) is 0.136. The van der Waals surface area contributed by atoms with Crippen LogP contribution in [0.5, 0.6) is 0 Å². The van der Waals surface area contributed by atoms with E-state index in [4.69, 9.17) is 0 Å². The van der Waals surface area contributed by atoms with E-state index in [-0.39, 0.29) is 12.1 Å². The Balaban J connectivity index is 1.52. The third-order valence-electron chi connectivity index (χ3n) is 5.08. The highest BCUT2D eigenvalue weighted by Crippen LogP contribution is 2.28. The second-order valence-electron chi connectivity index (χ2n) is 6.88. The molecular formula is C22H18N4O2. The molecule has 28 heavy (non-hydrogen) atoms. The molecule has 0 bridgehead atoms. The van der Waals surface area contributed by atoms with Gasteiger partial charge in [-0.15, -0.1) is 0 Å². The molecule has 138 valence electrons. The predicted molar refractivity (Wildman–Crippen MR) is 109 cm³/mol. The van der Waals surface area contributed by atoms with E-state index in [2.05, 4.69) is 38.8 Å². The van der Waals surface area contributed by atoms with Crippen molar-refractivity contribution in [1.29, 1.82) is 0 Å². The molecule has 6 heteroatoms. The molecule has 0 fully saturated rings. The van der Waals surface area contributed by atoms with Crippen molar-refractivity contribution >= 4 is 32.8 Å². The van der Waals surface area contributed by atoms with Gasteiger partial charge in [0.2, 0.25) is 0 Å². The summed E-state index contributed by atoms with van der Waals surface area (Å²) in [4.78, 5) is 21.0. The van der Waals surface area contributed by atoms with E-state index >= 15 is 0 Å². The summed E-state index contributed by atoms with van der Waals surface area (Å²) in [6.45, 7) is 0.545. The standard InChI is InChI=1S/C22H18N4O2/c27-15(12-25-14-24-21-18(22(25)28)8-5-11-23-21)13-26-19-9-3-1-6-16(19)17-7-2-4-10-20(17)26/h1-11,14-15,27H,12-13H2/t15-/m0/s1. The van der Waals surface area contributed by atoms with Gasteiger partial charge in [0, 0.05) is 28.0 Å². The van der Waals surface area contributed by atoms with Gasteiger partial charge < -0.3 is 9.67 Å². The van der Waals surface area contributed by atoms with Crippen LogP contribution in [-0.4, -0.2) is 30.3 Å². The Morgan fingerprint density at radius 3 is 2.18 bits per heavy atom. The van der Waals surface area contributed by atoms with Crippen LogP contribution < -0.4 is 5.56 Å². The molecule has 5 aromatic rings. The number of benzene rings is 2. The molecule has 2 aromatic carbocycles. The number of hydrogen-bond acceptors (Lipinski definition) is 4. The van der Waals surface area contributed by atoms with E-state index in [0.717, 1.165) is 21.8 Å². The van der Waals surface area contributed by atoms with Crippen molar-refractivity contribution in [3.63, 3.8) is 0 Å². The summed E-state index contributed by atoms with van der Waals surface area (Å²) in [6, 6.07) is 19.7. The third-order valence-corrected chi connectivity index (χ3v) is 5.08. The highest BCUT2D eigenvalue weighted by atomic mass is 16.3. The van der Waals surface area contributed by atoms with Crippen molar-refractivity contribution in [2.24, 2.45) is 0 Å². The van der Waals surface area contributed by atoms with E-state index in [9.17, 15) is 9.90 Å². The van der Waals surface area contributed by atoms with Crippen molar-refractivity contribution in [2.45, 2.75) is 19.2 Å². The lowest BCUT2D eigenvalue weighted by Gasteiger charge is -2.15. The predicted octanol–water partition coefficient (Wildman–Crippen LogP) is 2.96. The fourth-order valence-electron chi connectivity index (χ4n) is 3.82. The number of fused-ring (bicyclic) bond motifs is 4. The summed E-state index contributed by atoms with van der Waals surface area (Å²) in [5, 5.41) is 13.5. The number of aliphatic hydroxyl groups excluding tert-OH is 1. The van der Waals surface area contributed by atoms with E-state index in [1.54, 1.807) is 18.3 Å². The largest absolute Gasteiger partial charge is 0.389 e. The molecule has 3 aromatic heterocycles. The first-order valence-electron chi connectivity index (χ1n) is 9.16. The Morgan fingerprint density at radius 1 is 0.821 bits per heavy atom. The van der Waals surface area contributed by atoms with Gasteiger partial charge in [-0.25, -0.2) is 9.97 Å². The number of rotatable bonds is 4. The van der Waals surface area contributed by atoms with Crippen LogP contribution in [0.15, 0.2) is 78.0 Å². The van der Waals surface area contributed by atoms with E-state index in [0.29, 0.717) is 17.6 Å². The highest BCUT2D eigenvalue weighted by Gasteiger charge is 2.15. The smallest absolute Gasteiger partial charge is 0.262 e. The third kappa shape index (κ3) is 2.66. The molecule has 5 rings (SSSR count). The number of nitrogens with zero attached hydrogens (tertiary/aromatic N) is 4. The molecule has 0 aliphatic carbocycles. The van der Waals surface area contributed by atoms with Gasteiger partial charge in [-0.05, 0) is 24.3 Å². The van der Waals surface area contributed by atoms with Gasteiger partial charge >= 0.3 is 0 Å². The molecular weight excluding hydrogens is 352 g/mol. The monoisotopic (exact) mass is 370 g/mol. The molecule has 0 saturated heterocycles. The van der Waals surface area contributed by atoms with Crippen LogP contribution >= 0.6 is 0 Å². The Hall–Kier alpha value is -3.51. The lowest BCUT2D eigenvalue weighted by Crippen LogP contribution is -2.29. The quantitative estimate of drug-likeness (QED) is 0.528. The molecule has 1 atom stereocenters. The molecule has 0 unspecified atom stereocenters. The van der Waals surface area contributed by atoms with Gasteiger partial charge in [0.1, 0.15) is 6.33 Å². The Morgan fingerprint density at radius 2 is 1.46 bits per heavy atom. The zero-order valence-corrected chi connectivity index (χ0v) is 15.1. The van der Waals surface area contributed by atoms with Crippen LogP contribution in [0.1, 0.15) is 0 Å². The summed E-state index contributed by atoms with van der Waals surface area (Å²) in [7, 11) is 0. The van der Waals surface area contributed by atoms with Crippen LogP contribution in [0.25, 0.3) is 32.8 Å². The molecule has 0 aliphatic heterocycles. The van der Waals surface area contributed by atoms with Gasteiger partial charge in [0.05, 0.1) is 24.6 Å². The van der Waals surface area contributed by atoms with Gasteiger partial charge in [0.15, 0.2) is 5.65 Å². The van der Waals surface area contributed by atoms with Crippen molar-refractivity contribution < 1.29 is 5.11 Å². The molecule has 0 amide bonds. The summed E-state index contributed by atoms with van der Waals surface area (Å²) >= 11 is 0. The molecule has 0 saturated carbocycles. The first-order valence-corrected chi connectivity index (χ1v) is 9.16. The van der Waals surface area contributed by atoms with Gasteiger partial charge in [-0.2, -0.15) is 0 Å². The van der Waals surface area contributed by atoms with Crippen LogP contribution in [-0.2, 0) is 13.1 Å².